The van der Waals surface area contributed by atoms with Gasteiger partial charge < -0.3 is 15.0 Å². The Bertz CT molecular complexity index is 581. The van der Waals surface area contributed by atoms with Crippen molar-refractivity contribution in [1.29, 1.82) is 0 Å². The first kappa shape index (κ1) is 18.2. The smallest absolute Gasteiger partial charge is 0.194 e. The predicted octanol–water partition coefficient (Wildman–Crippen LogP) is 1.98. The molecule has 0 radical (unpaired) electrons. The molecule has 1 aromatic carbocycles. The number of morpholine rings is 1. The molecule has 0 saturated carbocycles. The molecule has 5 nitrogen and oxygen atoms in total. The Morgan fingerprint density at radius 1 is 1.16 bits per heavy atom. The highest BCUT2D eigenvalue weighted by Gasteiger charge is 2.25. The van der Waals surface area contributed by atoms with Gasteiger partial charge in [0, 0.05) is 45.8 Å². The quantitative estimate of drug-likeness (QED) is 0.670. The molecule has 5 heteroatoms. The first-order chi connectivity index (χ1) is 12.2. The van der Waals surface area contributed by atoms with Crippen molar-refractivity contribution in [3.8, 4) is 0 Å². The Morgan fingerprint density at radius 2 is 1.88 bits per heavy atom. The molecule has 3 rings (SSSR count). The molecule has 1 unspecified atom stereocenters. The van der Waals surface area contributed by atoms with E-state index in [-0.39, 0.29) is 0 Å². The first-order valence-electron chi connectivity index (χ1n) is 9.53. The summed E-state index contributed by atoms with van der Waals surface area (Å²) in [5, 5.41) is 3.64. The Kier molecular flexibility index (Phi) is 6.32. The fraction of sp³-hybridized carbons (Fsp3) is 0.650. The zero-order valence-corrected chi connectivity index (χ0v) is 15.9. The van der Waals surface area contributed by atoms with E-state index in [1.54, 1.807) is 0 Å². The molecule has 138 valence electrons. The maximum atomic E-state index is 5.51. The van der Waals surface area contributed by atoms with Gasteiger partial charge in [-0.3, -0.25) is 9.89 Å². The number of nitrogens with one attached hydrogen (secondary N) is 1. The Labute approximate surface area is 152 Å². The van der Waals surface area contributed by atoms with Gasteiger partial charge in [0.05, 0.1) is 13.2 Å². The minimum Gasteiger partial charge on any atom is -0.379 e. The molecule has 1 atom stereocenters. The topological polar surface area (TPSA) is 40.1 Å². The van der Waals surface area contributed by atoms with E-state index in [4.69, 9.17) is 4.74 Å². The van der Waals surface area contributed by atoms with E-state index in [0.717, 1.165) is 58.3 Å². The Balaban J connectivity index is 1.60. The number of guanidine groups is 1. The second-order valence-corrected chi connectivity index (χ2v) is 7.33. The van der Waals surface area contributed by atoms with Crippen molar-refractivity contribution >= 4 is 5.96 Å². The largest absolute Gasteiger partial charge is 0.379 e. The Hall–Kier alpha value is -1.59. The van der Waals surface area contributed by atoms with Crippen molar-refractivity contribution in [3.63, 3.8) is 0 Å². The van der Waals surface area contributed by atoms with Gasteiger partial charge >= 0.3 is 0 Å². The monoisotopic (exact) mass is 344 g/mol. The summed E-state index contributed by atoms with van der Waals surface area (Å²) in [6.45, 7) is 11.3. The van der Waals surface area contributed by atoms with Gasteiger partial charge in [0.15, 0.2) is 5.96 Å². The summed E-state index contributed by atoms with van der Waals surface area (Å²) in [6.07, 6.45) is 1.09. The lowest BCUT2D eigenvalue weighted by atomic mass is 10.00. The fourth-order valence-corrected chi connectivity index (χ4v) is 3.90. The molecule has 2 heterocycles. The van der Waals surface area contributed by atoms with Crippen LogP contribution in [0.3, 0.4) is 0 Å². The van der Waals surface area contributed by atoms with Crippen LogP contribution in [0.25, 0.3) is 0 Å². The summed E-state index contributed by atoms with van der Waals surface area (Å²) < 4.78 is 5.51. The first-order valence-corrected chi connectivity index (χ1v) is 9.53. The third-order valence-electron chi connectivity index (χ3n) is 5.40. The van der Waals surface area contributed by atoms with Gasteiger partial charge in [-0.2, -0.15) is 0 Å². The summed E-state index contributed by atoms with van der Waals surface area (Å²) >= 11 is 0. The lowest BCUT2D eigenvalue weighted by molar-refractivity contribution is 0.00739. The second kappa shape index (κ2) is 8.68. The zero-order chi connectivity index (χ0) is 17.6. The van der Waals surface area contributed by atoms with Crippen LogP contribution in [-0.4, -0.2) is 68.2 Å². The molecule has 0 aromatic heterocycles. The minimum atomic E-state index is 0.512. The highest BCUT2D eigenvalue weighted by Crippen LogP contribution is 2.19. The molecule has 0 amide bonds. The maximum Gasteiger partial charge on any atom is 0.194 e. The van der Waals surface area contributed by atoms with Crippen LogP contribution in [0.15, 0.2) is 29.3 Å². The average molecular weight is 345 g/mol. The Morgan fingerprint density at radius 3 is 2.56 bits per heavy atom. The molecule has 25 heavy (non-hydrogen) atoms. The van der Waals surface area contributed by atoms with Gasteiger partial charge in [0.1, 0.15) is 0 Å². The van der Waals surface area contributed by atoms with E-state index in [9.17, 15) is 0 Å². The van der Waals surface area contributed by atoms with Crippen molar-refractivity contribution in [2.24, 2.45) is 10.9 Å². The van der Waals surface area contributed by atoms with Crippen LogP contribution in [0.1, 0.15) is 25.0 Å². The van der Waals surface area contributed by atoms with Crippen LogP contribution in [0.5, 0.6) is 0 Å². The molecular formula is C20H32N4O. The lowest BCUT2D eigenvalue weighted by Crippen LogP contribution is -2.53. The molecule has 1 fully saturated rings. The highest BCUT2D eigenvalue weighted by molar-refractivity contribution is 5.80. The predicted molar refractivity (Wildman–Crippen MR) is 103 cm³/mol. The zero-order valence-electron chi connectivity index (χ0n) is 15.9. The maximum absolute atomic E-state index is 5.51. The summed E-state index contributed by atoms with van der Waals surface area (Å²) in [4.78, 5) is 9.48. The van der Waals surface area contributed by atoms with E-state index in [2.05, 4.69) is 58.2 Å². The second-order valence-electron chi connectivity index (χ2n) is 7.33. The highest BCUT2D eigenvalue weighted by atomic mass is 16.5. The van der Waals surface area contributed by atoms with Crippen molar-refractivity contribution in [2.45, 2.75) is 32.9 Å². The van der Waals surface area contributed by atoms with Crippen molar-refractivity contribution in [3.05, 3.63) is 35.4 Å². The van der Waals surface area contributed by atoms with E-state index in [1.807, 2.05) is 7.05 Å². The average Bonchev–Trinajstić information content (AvgIpc) is 2.65. The molecule has 2 aliphatic rings. The fourth-order valence-electron chi connectivity index (χ4n) is 3.90. The summed E-state index contributed by atoms with van der Waals surface area (Å²) in [5.41, 5.74) is 2.90. The molecule has 0 spiro atoms. The van der Waals surface area contributed by atoms with Gasteiger partial charge in [-0.1, -0.05) is 38.1 Å². The van der Waals surface area contributed by atoms with Crippen molar-refractivity contribution in [2.75, 3.05) is 46.4 Å². The minimum absolute atomic E-state index is 0.512. The molecule has 1 aromatic rings. The van der Waals surface area contributed by atoms with Gasteiger partial charge in [-0.05, 0) is 23.5 Å². The van der Waals surface area contributed by atoms with Gasteiger partial charge in [-0.25, -0.2) is 0 Å². The number of nitrogens with zero attached hydrogens (tertiary/aromatic N) is 3. The van der Waals surface area contributed by atoms with Crippen LogP contribution < -0.4 is 5.32 Å². The molecule has 1 N–H and O–H groups in total. The number of hydrogen-bond donors (Lipinski definition) is 1. The van der Waals surface area contributed by atoms with Crippen LogP contribution in [0.2, 0.25) is 0 Å². The van der Waals surface area contributed by atoms with E-state index in [1.165, 1.54) is 11.1 Å². The molecular weight excluding hydrogens is 312 g/mol. The lowest BCUT2D eigenvalue weighted by Gasteiger charge is -2.38. The summed E-state index contributed by atoms with van der Waals surface area (Å²) in [5.74, 6) is 1.62. The summed E-state index contributed by atoms with van der Waals surface area (Å²) in [7, 11) is 1.89. The van der Waals surface area contributed by atoms with Gasteiger partial charge in [-0.15, -0.1) is 0 Å². The number of aliphatic imine (C=N–C) groups is 1. The van der Waals surface area contributed by atoms with Gasteiger partial charge in [0.2, 0.25) is 0 Å². The third-order valence-corrected chi connectivity index (χ3v) is 5.40. The van der Waals surface area contributed by atoms with Crippen LogP contribution in [0.4, 0.5) is 0 Å². The van der Waals surface area contributed by atoms with Crippen molar-refractivity contribution in [1.82, 2.24) is 15.1 Å². The standard InChI is InChI=1S/C20H32N4O/c1-16(2)19(23-10-12-25-13-11-23)14-22-20(21-3)24-9-8-17-6-4-5-7-18(17)15-24/h4-7,16,19H,8-15H2,1-3H3,(H,21,22). The van der Waals surface area contributed by atoms with Crippen LogP contribution >= 0.6 is 0 Å². The molecule has 2 aliphatic heterocycles. The third kappa shape index (κ3) is 4.53. The van der Waals surface area contributed by atoms with Crippen molar-refractivity contribution < 1.29 is 4.74 Å². The van der Waals surface area contributed by atoms with Crippen LogP contribution in [0, 0.1) is 5.92 Å². The van der Waals surface area contributed by atoms with E-state index >= 15 is 0 Å². The van der Waals surface area contributed by atoms with Crippen LogP contribution in [-0.2, 0) is 17.7 Å². The SMILES string of the molecule is CN=C(NCC(C(C)C)N1CCOCC1)N1CCc2ccccc2C1. The summed E-state index contributed by atoms with van der Waals surface area (Å²) in [6, 6.07) is 9.26. The number of ether oxygens (including phenoxy) is 1. The van der Waals surface area contributed by atoms with E-state index in [0.29, 0.717) is 12.0 Å². The molecule has 0 bridgehead atoms. The number of fused-ring (bicyclic) bond motifs is 1. The number of hydrogen-bond acceptors (Lipinski definition) is 3. The molecule has 1 saturated heterocycles. The number of rotatable bonds is 4. The van der Waals surface area contributed by atoms with Gasteiger partial charge in [0.25, 0.3) is 0 Å². The molecule has 0 aliphatic carbocycles. The van der Waals surface area contributed by atoms with E-state index < -0.39 is 0 Å². The normalized spacial score (nSPS) is 20.5. The number of benzene rings is 1.